The first kappa shape index (κ1) is 12.5. The minimum atomic E-state index is 0.865. The van der Waals surface area contributed by atoms with Crippen LogP contribution in [-0.2, 0) is 0 Å². The molecule has 1 heterocycles. The van der Waals surface area contributed by atoms with E-state index in [2.05, 4.69) is 49.9 Å². The van der Waals surface area contributed by atoms with Gasteiger partial charge >= 0.3 is 0 Å². The zero-order chi connectivity index (χ0) is 13.1. The number of halogens is 1. The fourth-order valence-corrected chi connectivity index (χ4v) is 2.76. The molecule has 2 aromatic carbocycles. The standard InChI is InChI=1S/C15H11BrN2S/c16-12-7-8-14-11(10-12)6-9-15(17-14)18-19-13-4-2-1-3-5-13/h1-10H,(H,17,18). The van der Waals surface area contributed by atoms with Crippen molar-refractivity contribution in [3.05, 3.63) is 65.1 Å². The number of fused-ring (bicyclic) bond motifs is 1. The molecule has 0 saturated carbocycles. The number of nitrogens with one attached hydrogen (secondary N) is 1. The lowest BCUT2D eigenvalue weighted by Crippen LogP contribution is -1.90. The van der Waals surface area contributed by atoms with Gasteiger partial charge in [0.05, 0.1) is 5.52 Å². The van der Waals surface area contributed by atoms with Crippen molar-refractivity contribution in [2.24, 2.45) is 0 Å². The van der Waals surface area contributed by atoms with E-state index in [-0.39, 0.29) is 0 Å². The lowest BCUT2D eigenvalue weighted by atomic mass is 10.2. The summed E-state index contributed by atoms with van der Waals surface area (Å²) in [7, 11) is 0. The molecule has 4 heteroatoms. The predicted octanol–water partition coefficient (Wildman–Crippen LogP) is 5.12. The normalized spacial score (nSPS) is 10.6. The van der Waals surface area contributed by atoms with Gasteiger partial charge in [-0.2, -0.15) is 0 Å². The molecule has 0 spiro atoms. The van der Waals surface area contributed by atoms with Gasteiger partial charge in [0.2, 0.25) is 0 Å². The third-order valence-corrected chi connectivity index (χ3v) is 3.98. The van der Waals surface area contributed by atoms with Gasteiger partial charge in [0.15, 0.2) is 0 Å². The van der Waals surface area contributed by atoms with Crippen molar-refractivity contribution in [3.8, 4) is 0 Å². The number of rotatable bonds is 3. The van der Waals surface area contributed by atoms with E-state index >= 15 is 0 Å². The van der Waals surface area contributed by atoms with Crippen LogP contribution in [0.2, 0.25) is 0 Å². The molecule has 3 aromatic rings. The molecule has 0 aliphatic carbocycles. The highest BCUT2D eigenvalue weighted by Crippen LogP contribution is 2.23. The topological polar surface area (TPSA) is 24.9 Å². The lowest BCUT2D eigenvalue weighted by molar-refractivity contribution is 1.40. The highest BCUT2D eigenvalue weighted by Gasteiger charge is 1.99. The van der Waals surface area contributed by atoms with E-state index in [0.717, 1.165) is 21.2 Å². The van der Waals surface area contributed by atoms with Crippen LogP contribution in [0, 0.1) is 0 Å². The van der Waals surface area contributed by atoms with Crippen molar-refractivity contribution in [1.82, 2.24) is 4.98 Å². The summed E-state index contributed by atoms with van der Waals surface area (Å²) < 4.78 is 4.33. The molecule has 0 unspecified atom stereocenters. The number of pyridine rings is 1. The Hall–Kier alpha value is -1.52. The third kappa shape index (κ3) is 3.08. The van der Waals surface area contributed by atoms with Crippen LogP contribution < -0.4 is 4.72 Å². The van der Waals surface area contributed by atoms with Crippen LogP contribution in [0.25, 0.3) is 10.9 Å². The second-order valence-corrected chi connectivity index (χ2v) is 5.85. The van der Waals surface area contributed by atoms with E-state index in [1.54, 1.807) is 11.9 Å². The van der Waals surface area contributed by atoms with Crippen molar-refractivity contribution in [2.45, 2.75) is 4.90 Å². The summed E-state index contributed by atoms with van der Waals surface area (Å²) in [5.41, 5.74) is 0.988. The summed E-state index contributed by atoms with van der Waals surface area (Å²) in [6.07, 6.45) is 0. The minimum Gasteiger partial charge on any atom is -0.310 e. The molecule has 0 amide bonds. The summed E-state index contributed by atoms with van der Waals surface area (Å²) in [5.74, 6) is 0.865. The number of nitrogens with zero attached hydrogens (tertiary/aromatic N) is 1. The maximum atomic E-state index is 4.58. The summed E-state index contributed by atoms with van der Waals surface area (Å²) in [4.78, 5) is 5.75. The Kier molecular flexibility index (Phi) is 3.71. The van der Waals surface area contributed by atoms with Crippen molar-refractivity contribution in [1.29, 1.82) is 0 Å². The van der Waals surface area contributed by atoms with Crippen molar-refractivity contribution in [3.63, 3.8) is 0 Å². The van der Waals surface area contributed by atoms with Gasteiger partial charge in [-0.25, -0.2) is 4.98 Å². The van der Waals surface area contributed by atoms with Crippen LogP contribution in [0.1, 0.15) is 0 Å². The number of benzene rings is 2. The second-order valence-electron chi connectivity index (χ2n) is 4.05. The summed E-state index contributed by atoms with van der Waals surface area (Å²) in [6, 6.07) is 20.3. The first-order valence-electron chi connectivity index (χ1n) is 5.85. The Balaban J connectivity index is 1.80. The van der Waals surface area contributed by atoms with Gasteiger partial charge in [-0.3, -0.25) is 0 Å². The maximum absolute atomic E-state index is 4.58. The van der Waals surface area contributed by atoms with E-state index in [0.29, 0.717) is 0 Å². The molecule has 0 aliphatic heterocycles. The maximum Gasteiger partial charge on any atom is 0.136 e. The summed E-state index contributed by atoms with van der Waals surface area (Å²) in [5, 5.41) is 1.13. The average molecular weight is 331 g/mol. The molecule has 2 nitrogen and oxygen atoms in total. The van der Waals surface area contributed by atoms with Crippen molar-refractivity contribution >= 4 is 44.6 Å². The summed E-state index contributed by atoms with van der Waals surface area (Å²) >= 11 is 5.03. The fraction of sp³-hybridized carbons (Fsp3) is 0. The van der Waals surface area contributed by atoms with Crippen LogP contribution >= 0.6 is 27.9 Å². The molecule has 0 bridgehead atoms. The van der Waals surface area contributed by atoms with Crippen LogP contribution in [0.4, 0.5) is 5.82 Å². The van der Waals surface area contributed by atoms with Crippen LogP contribution in [0.15, 0.2) is 70.0 Å². The zero-order valence-electron chi connectivity index (χ0n) is 10.0. The molecule has 0 atom stereocenters. The molecule has 0 saturated heterocycles. The first-order chi connectivity index (χ1) is 9.31. The monoisotopic (exact) mass is 330 g/mol. The molecule has 0 aliphatic rings. The Morgan fingerprint density at radius 1 is 0.947 bits per heavy atom. The fourth-order valence-electron chi connectivity index (χ4n) is 1.75. The van der Waals surface area contributed by atoms with E-state index in [1.807, 2.05) is 36.4 Å². The number of hydrogen-bond acceptors (Lipinski definition) is 3. The zero-order valence-corrected chi connectivity index (χ0v) is 12.4. The smallest absolute Gasteiger partial charge is 0.136 e. The highest BCUT2D eigenvalue weighted by atomic mass is 79.9. The lowest BCUT2D eigenvalue weighted by Gasteiger charge is -2.06. The quantitative estimate of drug-likeness (QED) is 0.675. The Morgan fingerprint density at radius 3 is 2.63 bits per heavy atom. The number of anilines is 1. The van der Waals surface area contributed by atoms with Gasteiger partial charge < -0.3 is 4.72 Å². The van der Waals surface area contributed by atoms with Gasteiger partial charge in [-0.15, -0.1) is 0 Å². The van der Waals surface area contributed by atoms with Gasteiger partial charge in [0.25, 0.3) is 0 Å². The van der Waals surface area contributed by atoms with Crippen LogP contribution in [0.5, 0.6) is 0 Å². The molecule has 3 rings (SSSR count). The largest absolute Gasteiger partial charge is 0.310 e. The number of aromatic nitrogens is 1. The third-order valence-electron chi connectivity index (χ3n) is 2.67. The highest BCUT2D eigenvalue weighted by molar-refractivity contribution is 9.10. The van der Waals surface area contributed by atoms with E-state index in [9.17, 15) is 0 Å². The van der Waals surface area contributed by atoms with Crippen molar-refractivity contribution < 1.29 is 0 Å². The minimum absolute atomic E-state index is 0.865. The SMILES string of the molecule is Brc1ccc2nc(NSc3ccccc3)ccc2c1. The average Bonchev–Trinajstić information content (AvgIpc) is 2.46. The molecular weight excluding hydrogens is 320 g/mol. The predicted molar refractivity (Wildman–Crippen MR) is 85.4 cm³/mol. The van der Waals surface area contributed by atoms with E-state index in [1.165, 1.54) is 4.90 Å². The molecule has 19 heavy (non-hydrogen) atoms. The van der Waals surface area contributed by atoms with Crippen molar-refractivity contribution in [2.75, 3.05) is 4.72 Å². The molecule has 0 fully saturated rings. The van der Waals surface area contributed by atoms with Gasteiger partial charge in [-0.05, 0) is 54.4 Å². The van der Waals surface area contributed by atoms with E-state index in [4.69, 9.17) is 0 Å². The Bertz CT molecular complexity index is 701. The molecule has 94 valence electrons. The summed E-state index contributed by atoms with van der Waals surface area (Å²) in [6.45, 7) is 0. The molecule has 0 radical (unpaired) electrons. The Morgan fingerprint density at radius 2 is 1.79 bits per heavy atom. The van der Waals surface area contributed by atoms with Gasteiger partial charge in [0, 0.05) is 14.8 Å². The van der Waals surface area contributed by atoms with Crippen LogP contribution in [-0.4, -0.2) is 4.98 Å². The number of hydrogen-bond donors (Lipinski definition) is 1. The molecular formula is C15H11BrN2S. The molecule has 1 N–H and O–H groups in total. The molecule has 1 aromatic heterocycles. The first-order valence-corrected chi connectivity index (χ1v) is 7.46. The second kappa shape index (κ2) is 5.63. The van der Waals surface area contributed by atoms with Gasteiger partial charge in [-0.1, -0.05) is 34.1 Å². The van der Waals surface area contributed by atoms with Crippen LogP contribution in [0.3, 0.4) is 0 Å². The van der Waals surface area contributed by atoms with Gasteiger partial charge in [0.1, 0.15) is 5.82 Å². The van der Waals surface area contributed by atoms with E-state index < -0.39 is 0 Å². The Labute approximate surface area is 124 Å².